The Hall–Kier alpha value is 0.360. The molecule has 1 aliphatic rings. The summed E-state index contributed by atoms with van der Waals surface area (Å²) in [7, 11) is 3.50. The fourth-order valence-corrected chi connectivity index (χ4v) is 3.03. The van der Waals surface area contributed by atoms with E-state index < -0.39 is 0 Å². The molecule has 0 fully saturated rings. The highest BCUT2D eigenvalue weighted by molar-refractivity contribution is 9.12. The molecule has 0 saturated carbocycles. The lowest BCUT2D eigenvalue weighted by molar-refractivity contribution is 0.125. The van der Waals surface area contributed by atoms with Crippen molar-refractivity contribution in [2.75, 3.05) is 14.2 Å². The van der Waals surface area contributed by atoms with Crippen molar-refractivity contribution in [3.63, 3.8) is 0 Å². The molecule has 0 spiro atoms. The first-order chi connectivity index (χ1) is 7.69. The van der Waals surface area contributed by atoms with Gasteiger partial charge in [0.25, 0.3) is 0 Å². The first kappa shape index (κ1) is 14.4. The summed E-state index contributed by atoms with van der Waals surface area (Å²) in [5, 5.41) is 0. The lowest BCUT2D eigenvalue weighted by atomic mass is 10.1. The molecule has 0 aromatic rings. The van der Waals surface area contributed by atoms with Gasteiger partial charge < -0.3 is 9.47 Å². The summed E-state index contributed by atoms with van der Waals surface area (Å²) in [6, 6.07) is 0. The molecule has 1 rings (SSSR count). The monoisotopic (exact) mass is 352 g/mol. The highest BCUT2D eigenvalue weighted by Gasteiger charge is 2.15. The van der Waals surface area contributed by atoms with Crippen molar-refractivity contribution in [3.8, 4) is 0 Å². The fourth-order valence-electron chi connectivity index (χ4n) is 1.74. The summed E-state index contributed by atoms with van der Waals surface area (Å²) in [4.78, 5) is 0. The van der Waals surface area contributed by atoms with Gasteiger partial charge in [-0.3, -0.25) is 0 Å². The number of hydrogen-bond acceptors (Lipinski definition) is 2. The van der Waals surface area contributed by atoms with Gasteiger partial charge in [-0.25, -0.2) is 0 Å². The lowest BCUT2D eigenvalue weighted by Crippen LogP contribution is -2.14. The normalized spacial score (nSPS) is 28.2. The smallest absolute Gasteiger partial charge is 0.0885 e. The molecule has 0 radical (unpaired) electrons. The van der Waals surface area contributed by atoms with Crippen molar-refractivity contribution < 1.29 is 9.47 Å². The van der Waals surface area contributed by atoms with Crippen LogP contribution in [0.2, 0.25) is 0 Å². The fraction of sp³-hybridized carbons (Fsp3) is 0.667. The third-order valence-electron chi connectivity index (χ3n) is 2.72. The molecule has 4 heteroatoms. The van der Waals surface area contributed by atoms with Gasteiger partial charge in [-0.15, -0.1) is 0 Å². The first-order valence-corrected chi connectivity index (χ1v) is 7.04. The van der Waals surface area contributed by atoms with E-state index in [1.165, 1.54) is 0 Å². The highest BCUT2D eigenvalue weighted by atomic mass is 79.9. The van der Waals surface area contributed by atoms with Gasteiger partial charge in [-0.05, 0) is 25.7 Å². The van der Waals surface area contributed by atoms with Gasteiger partial charge >= 0.3 is 0 Å². The Bertz CT molecular complexity index is 246. The van der Waals surface area contributed by atoms with Crippen LogP contribution >= 0.6 is 31.9 Å². The molecule has 2 nitrogen and oxygen atoms in total. The number of rotatable bonds is 2. The zero-order valence-corrected chi connectivity index (χ0v) is 12.9. The molecule has 0 saturated heterocycles. The van der Waals surface area contributed by atoms with E-state index in [-0.39, 0.29) is 12.2 Å². The second-order valence-corrected chi connectivity index (χ2v) is 5.61. The molecule has 1 aliphatic carbocycles. The number of allylic oxidation sites excluding steroid dienone is 2. The van der Waals surface area contributed by atoms with Gasteiger partial charge in [0.2, 0.25) is 0 Å². The van der Waals surface area contributed by atoms with Crippen LogP contribution in [0.5, 0.6) is 0 Å². The Morgan fingerprint density at radius 2 is 1.31 bits per heavy atom. The Morgan fingerprint density at radius 1 is 0.938 bits per heavy atom. The van der Waals surface area contributed by atoms with Gasteiger partial charge in [0.1, 0.15) is 0 Å². The average Bonchev–Trinajstić information content (AvgIpc) is 2.29. The largest absolute Gasteiger partial charge is 0.376 e. The van der Waals surface area contributed by atoms with E-state index in [1.807, 2.05) is 0 Å². The van der Waals surface area contributed by atoms with Crippen LogP contribution in [-0.4, -0.2) is 26.4 Å². The quantitative estimate of drug-likeness (QED) is 0.742. The van der Waals surface area contributed by atoms with Crippen molar-refractivity contribution in [2.24, 2.45) is 0 Å². The molecular formula is C12H18Br2O2. The Morgan fingerprint density at radius 3 is 1.62 bits per heavy atom. The van der Waals surface area contributed by atoms with E-state index in [1.54, 1.807) is 14.2 Å². The summed E-state index contributed by atoms with van der Waals surface area (Å²) in [5.41, 5.74) is 0. The summed E-state index contributed by atoms with van der Waals surface area (Å²) in [5.74, 6) is 0. The van der Waals surface area contributed by atoms with Crippen LogP contribution in [0, 0.1) is 0 Å². The van der Waals surface area contributed by atoms with Crippen LogP contribution in [0.15, 0.2) is 21.1 Å². The van der Waals surface area contributed by atoms with Crippen LogP contribution in [-0.2, 0) is 9.47 Å². The second kappa shape index (κ2) is 7.64. The van der Waals surface area contributed by atoms with Gasteiger partial charge in [0.15, 0.2) is 0 Å². The molecule has 2 atom stereocenters. The highest BCUT2D eigenvalue weighted by Crippen LogP contribution is 2.26. The van der Waals surface area contributed by atoms with Gasteiger partial charge in [-0.2, -0.15) is 0 Å². The zero-order chi connectivity index (χ0) is 12.0. The Labute approximate surface area is 114 Å². The molecule has 0 aliphatic heterocycles. The van der Waals surface area contributed by atoms with E-state index in [2.05, 4.69) is 44.0 Å². The van der Waals surface area contributed by atoms with E-state index in [4.69, 9.17) is 9.47 Å². The molecule has 16 heavy (non-hydrogen) atoms. The molecule has 0 aromatic heterocycles. The summed E-state index contributed by atoms with van der Waals surface area (Å²) >= 11 is 7.16. The minimum atomic E-state index is 0.177. The molecule has 92 valence electrons. The third kappa shape index (κ3) is 4.32. The van der Waals surface area contributed by atoms with Crippen LogP contribution in [0.25, 0.3) is 0 Å². The summed E-state index contributed by atoms with van der Waals surface area (Å²) < 4.78 is 13.2. The maximum Gasteiger partial charge on any atom is 0.0885 e. The number of halogens is 2. The number of ether oxygens (including phenoxy) is 2. The topological polar surface area (TPSA) is 18.5 Å². The second-order valence-electron chi connectivity index (χ2n) is 3.78. The van der Waals surface area contributed by atoms with Crippen molar-refractivity contribution in [3.05, 3.63) is 21.1 Å². The lowest BCUT2D eigenvalue weighted by Gasteiger charge is -2.18. The van der Waals surface area contributed by atoms with Crippen molar-refractivity contribution >= 4 is 31.9 Å². The van der Waals surface area contributed by atoms with E-state index in [0.717, 1.165) is 34.6 Å². The predicted octanol–water partition coefficient (Wildman–Crippen LogP) is 4.15. The number of methoxy groups -OCH3 is 2. The van der Waals surface area contributed by atoms with Crippen LogP contribution in [0.4, 0.5) is 0 Å². The maximum absolute atomic E-state index is 5.43. The average molecular weight is 354 g/mol. The van der Waals surface area contributed by atoms with Gasteiger partial charge in [-0.1, -0.05) is 44.0 Å². The Balaban J connectivity index is 2.71. The molecule has 0 amide bonds. The summed E-state index contributed by atoms with van der Waals surface area (Å²) in [6.45, 7) is 0. The predicted molar refractivity (Wildman–Crippen MR) is 74.1 cm³/mol. The van der Waals surface area contributed by atoms with Crippen LogP contribution < -0.4 is 0 Å². The van der Waals surface area contributed by atoms with E-state index in [0.29, 0.717) is 0 Å². The van der Waals surface area contributed by atoms with Crippen LogP contribution in [0.3, 0.4) is 0 Å². The standard InChI is InChI=1S/C12H18Br2O2/c1-15-11-7-3-6-10(14)12(16-2)8-4-5-9(11)13/h5-6,11-12H,3-4,7-8H2,1-2H3. The SMILES string of the molecule is COC1CCC=C(Br)C(OC)CCC=C1Br. The molecule has 0 bridgehead atoms. The molecule has 0 aromatic carbocycles. The minimum absolute atomic E-state index is 0.177. The first-order valence-electron chi connectivity index (χ1n) is 5.45. The summed E-state index contributed by atoms with van der Waals surface area (Å²) in [6.07, 6.45) is 8.67. The molecule has 2 unspecified atom stereocenters. The molecule has 0 heterocycles. The molecule has 0 N–H and O–H groups in total. The van der Waals surface area contributed by atoms with Crippen molar-refractivity contribution in [2.45, 2.75) is 37.9 Å². The third-order valence-corrected chi connectivity index (χ3v) is 4.39. The number of hydrogen-bond donors (Lipinski definition) is 0. The zero-order valence-electron chi connectivity index (χ0n) is 9.71. The Kier molecular flexibility index (Phi) is 6.89. The molecular weight excluding hydrogens is 336 g/mol. The minimum Gasteiger partial charge on any atom is -0.376 e. The van der Waals surface area contributed by atoms with Gasteiger partial charge in [0, 0.05) is 23.2 Å². The van der Waals surface area contributed by atoms with E-state index >= 15 is 0 Å². The van der Waals surface area contributed by atoms with Crippen molar-refractivity contribution in [1.29, 1.82) is 0 Å². The maximum atomic E-state index is 5.43. The van der Waals surface area contributed by atoms with Gasteiger partial charge in [0.05, 0.1) is 12.2 Å². The van der Waals surface area contributed by atoms with E-state index in [9.17, 15) is 0 Å². The van der Waals surface area contributed by atoms with Crippen LogP contribution in [0.1, 0.15) is 25.7 Å². The van der Waals surface area contributed by atoms with Crippen molar-refractivity contribution in [1.82, 2.24) is 0 Å².